The molecule has 0 bridgehead atoms. The minimum atomic E-state index is -0.962. The Bertz CT molecular complexity index is 579. The van der Waals surface area contributed by atoms with Crippen LogP contribution in [0, 0.1) is 5.92 Å². The van der Waals surface area contributed by atoms with E-state index in [0.717, 1.165) is 25.2 Å². The van der Waals surface area contributed by atoms with Crippen LogP contribution in [-0.2, 0) is 4.74 Å². The molecule has 0 spiro atoms. The third-order valence-corrected chi connectivity index (χ3v) is 5.62. The van der Waals surface area contributed by atoms with Gasteiger partial charge < -0.3 is 14.9 Å². The van der Waals surface area contributed by atoms with Gasteiger partial charge in [0.2, 0.25) is 0 Å². The molecule has 3 aliphatic rings. The van der Waals surface area contributed by atoms with Gasteiger partial charge >= 0.3 is 0 Å². The zero-order chi connectivity index (χ0) is 15.9. The fourth-order valence-corrected chi connectivity index (χ4v) is 4.51. The predicted octanol–water partition coefficient (Wildman–Crippen LogP) is 1.29. The van der Waals surface area contributed by atoms with Crippen molar-refractivity contribution in [3.8, 4) is 0 Å². The van der Waals surface area contributed by atoms with Gasteiger partial charge in [0, 0.05) is 19.3 Å². The van der Waals surface area contributed by atoms with E-state index in [1.54, 1.807) is 6.20 Å². The van der Waals surface area contributed by atoms with Crippen molar-refractivity contribution >= 4 is 0 Å². The van der Waals surface area contributed by atoms with Crippen molar-refractivity contribution in [1.82, 2.24) is 9.88 Å². The number of ether oxygens (including phenoxy) is 1. The van der Waals surface area contributed by atoms with Crippen LogP contribution in [0.1, 0.15) is 31.1 Å². The van der Waals surface area contributed by atoms with E-state index in [2.05, 4.69) is 22.0 Å². The number of nitrogens with zero attached hydrogens (tertiary/aromatic N) is 2. The predicted molar refractivity (Wildman–Crippen MR) is 85.7 cm³/mol. The number of hydrogen-bond donors (Lipinski definition) is 2. The Morgan fingerprint density at radius 2 is 2.17 bits per heavy atom. The molecule has 5 atom stereocenters. The summed E-state index contributed by atoms with van der Waals surface area (Å²) in [5.41, 5.74) is -0.0519. The summed E-state index contributed by atoms with van der Waals surface area (Å²) in [7, 11) is 0. The number of hydrogen-bond acceptors (Lipinski definition) is 5. The smallest absolute Gasteiger partial charge is 0.109 e. The van der Waals surface area contributed by atoms with E-state index in [9.17, 15) is 10.2 Å². The van der Waals surface area contributed by atoms with Gasteiger partial charge in [-0.05, 0) is 37.3 Å². The van der Waals surface area contributed by atoms with Gasteiger partial charge in [-0.15, -0.1) is 0 Å². The number of pyridine rings is 1. The van der Waals surface area contributed by atoms with Crippen molar-refractivity contribution in [3.05, 3.63) is 42.2 Å². The Labute approximate surface area is 136 Å². The SMILES string of the molecule is O[C@H]1C[C@@H]2C[C@H](c3ccccn3)OC[C@]2(O)[C@@H]1N1CC=CCC1. The van der Waals surface area contributed by atoms with Crippen LogP contribution in [0.3, 0.4) is 0 Å². The molecule has 23 heavy (non-hydrogen) atoms. The van der Waals surface area contributed by atoms with Gasteiger partial charge in [0.05, 0.1) is 30.6 Å². The quantitative estimate of drug-likeness (QED) is 0.805. The monoisotopic (exact) mass is 316 g/mol. The Morgan fingerprint density at radius 1 is 1.26 bits per heavy atom. The van der Waals surface area contributed by atoms with E-state index in [-0.39, 0.29) is 24.7 Å². The first-order valence-corrected chi connectivity index (χ1v) is 8.50. The zero-order valence-corrected chi connectivity index (χ0v) is 13.2. The van der Waals surface area contributed by atoms with Gasteiger partial charge in [0.15, 0.2) is 0 Å². The van der Waals surface area contributed by atoms with Crippen LogP contribution in [-0.4, -0.2) is 57.5 Å². The molecule has 1 aromatic heterocycles. The Kier molecular flexibility index (Phi) is 3.97. The molecule has 2 aliphatic heterocycles. The maximum Gasteiger partial charge on any atom is 0.109 e. The summed E-state index contributed by atoms with van der Waals surface area (Å²) in [6.45, 7) is 1.94. The largest absolute Gasteiger partial charge is 0.391 e. The molecule has 0 amide bonds. The molecule has 2 fully saturated rings. The average molecular weight is 316 g/mol. The summed E-state index contributed by atoms with van der Waals surface area (Å²) in [6, 6.07) is 5.58. The van der Waals surface area contributed by atoms with Gasteiger partial charge in [0.25, 0.3) is 0 Å². The maximum absolute atomic E-state index is 11.3. The van der Waals surface area contributed by atoms with Crippen LogP contribution in [0.2, 0.25) is 0 Å². The second kappa shape index (κ2) is 5.98. The highest BCUT2D eigenvalue weighted by Crippen LogP contribution is 2.48. The third-order valence-electron chi connectivity index (χ3n) is 5.62. The first-order chi connectivity index (χ1) is 11.2. The molecule has 0 unspecified atom stereocenters. The summed E-state index contributed by atoms with van der Waals surface area (Å²) in [6.07, 6.45) is 7.78. The minimum Gasteiger partial charge on any atom is -0.391 e. The highest BCUT2D eigenvalue weighted by molar-refractivity contribution is 5.15. The topological polar surface area (TPSA) is 65.8 Å². The normalized spacial score (nSPS) is 41.0. The van der Waals surface area contributed by atoms with E-state index in [4.69, 9.17) is 4.74 Å². The van der Waals surface area contributed by atoms with Crippen LogP contribution < -0.4 is 0 Å². The minimum absolute atomic E-state index is 0.0502. The Morgan fingerprint density at radius 3 is 2.91 bits per heavy atom. The molecule has 124 valence electrons. The van der Waals surface area contributed by atoms with E-state index in [1.165, 1.54) is 0 Å². The summed E-state index contributed by atoms with van der Waals surface area (Å²) in [5.74, 6) is 0.0502. The summed E-state index contributed by atoms with van der Waals surface area (Å²) in [5, 5.41) is 21.9. The summed E-state index contributed by atoms with van der Waals surface area (Å²) >= 11 is 0. The number of aromatic nitrogens is 1. The molecule has 5 nitrogen and oxygen atoms in total. The molecule has 1 saturated carbocycles. The number of fused-ring (bicyclic) bond motifs is 1. The Hall–Kier alpha value is -1.27. The number of aliphatic hydroxyl groups excluding tert-OH is 1. The van der Waals surface area contributed by atoms with Crippen molar-refractivity contribution in [3.63, 3.8) is 0 Å². The van der Waals surface area contributed by atoms with Crippen LogP contribution >= 0.6 is 0 Å². The van der Waals surface area contributed by atoms with Crippen molar-refractivity contribution in [2.45, 2.75) is 43.1 Å². The highest BCUT2D eigenvalue weighted by Gasteiger charge is 2.58. The van der Waals surface area contributed by atoms with Gasteiger partial charge in [-0.3, -0.25) is 9.88 Å². The van der Waals surface area contributed by atoms with E-state index >= 15 is 0 Å². The van der Waals surface area contributed by atoms with Crippen molar-refractivity contribution in [2.24, 2.45) is 5.92 Å². The van der Waals surface area contributed by atoms with Crippen LogP contribution in [0.15, 0.2) is 36.5 Å². The molecule has 5 heteroatoms. The second-order valence-electron chi connectivity index (χ2n) is 6.98. The zero-order valence-electron chi connectivity index (χ0n) is 13.2. The molecule has 0 aromatic carbocycles. The number of rotatable bonds is 2. The summed E-state index contributed by atoms with van der Waals surface area (Å²) < 4.78 is 5.98. The van der Waals surface area contributed by atoms with Crippen LogP contribution in [0.5, 0.6) is 0 Å². The van der Waals surface area contributed by atoms with E-state index in [1.807, 2.05) is 18.2 Å². The molecule has 0 radical (unpaired) electrons. The lowest BCUT2D eigenvalue weighted by atomic mass is 9.81. The molecule has 1 aliphatic carbocycles. The van der Waals surface area contributed by atoms with Crippen LogP contribution in [0.4, 0.5) is 0 Å². The molecular weight excluding hydrogens is 292 g/mol. The Balaban J connectivity index is 1.54. The van der Waals surface area contributed by atoms with Gasteiger partial charge in [-0.25, -0.2) is 0 Å². The van der Waals surface area contributed by atoms with E-state index in [0.29, 0.717) is 12.8 Å². The van der Waals surface area contributed by atoms with E-state index < -0.39 is 11.7 Å². The molecule has 1 saturated heterocycles. The molecule has 2 N–H and O–H groups in total. The molecular formula is C18H24N2O3. The lowest BCUT2D eigenvalue weighted by Crippen LogP contribution is -2.60. The standard InChI is InChI=1S/C18H24N2O3/c21-15-10-13-11-16(14-6-2-3-7-19-14)23-12-18(13,22)17(15)20-8-4-1-5-9-20/h1-4,6-7,13,15-17,21-22H,5,8-12H2/t13-,15+,16-,17-,18-/m1/s1. The van der Waals surface area contributed by atoms with Crippen molar-refractivity contribution in [2.75, 3.05) is 19.7 Å². The van der Waals surface area contributed by atoms with Crippen molar-refractivity contribution in [1.29, 1.82) is 0 Å². The average Bonchev–Trinajstić information content (AvgIpc) is 2.85. The van der Waals surface area contributed by atoms with Gasteiger partial charge in [-0.1, -0.05) is 18.2 Å². The van der Waals surface area contributed by atoms with Gasteiger partial charge in [0.1, 0.15) is 5.60 Å². The molecule has 4 rings (SSSR count). The first kappa shape index (κ1) is 15.3. The molecule has 3 heterocycles. The van der Waals surface area contributed by atoms with Crippen molar-refractivity contribution < 1.29 is 14.9 Å². The molecule has 1 aromatic rings. The highest BCUT2D eigenvalue weighted by atomic mass is 16.5. The number of aliphatic hydroxyl groups is 2. The fraction of sp³-hybridized carbons (Fsp3) is 0.611. The maximum atomic E-state index is 11.3. The third kappa shape index (κ3) is 2.62. The first-order valence-electron chi connectivity index (χ1n) is 8.50. The fourth-order valence-electron chi connectivity index (χ4n) is 4.51. The van der Waals surface area contributed by atoms with Crippen LogP contribution in [0.25, 0.3) is 0 Å². The lowest BCUT2D eigenvalue weighted by Gasteiger charge is -2.45. The van der Waals surface area contributed by atoms with Gasteiger partial charge in [-0.2, -0.15) is 0 Å². The summed E-state index contributed by atoms with van der Waals surface area (Å²) in [4.78, 5) is 6.58. The lowest BCUT2D eigenvalue weighted by molar-refractivity contribution is -0.173. The second-order valence-corrected chi connectivity index (χ2v) is 6.98.